The van der Waals surface area contributed by atoms with E-state index in [-0.39, 0.29) is 18.4 Å². The number of carbonyl (C=O) groups is 1. The number of benzene rings is 3. The maximum absolute atomic E-state index is 12.8. The summed E-state index contributed by atoms with van der Waals surface area (Å²) in [4.78, 5) is 12.8. The molecule has 1 aromatic heterocycles. The predicted octanol–water partition coefficient (Wildman–Crippen LogP) is 5.36. The van der Waals surface area contributed by atoms with Gasteiger partial charge in [0, 0.05) is 10.6 Å². The number of hydrogen-bond acceptors (Lipinski definition) is 4. The van der Waals surface area contributed by atoms with Crippen molar-refractivity contribution in [3.8, 4) is 5.75 Å². The molecule has 5 nitrogen and oxygen atoms in total. The second kappa shape index (κ2) is 9.96. The van der Waals surface area contributed by atoms with Gasteiger partial charge in [-0.25, -0.2) is 0 Å². The van der Waals surface area contributed by atoms with Crippen molar-refractivity contribution in [1.82, 2.24) is 10.5 Å². The Morgan fingerprint density at radius 1 is 0.935 bits per heavy atom. The van der Waals surface area contributed by atoms with Crippen LogP contribution in [0.1, 0.15) is 28.3 Å². The third kappa shape index (κ3) is 5.74. The summed E-state index contributed by atoms with van der Waals surface area (Å²) in [7, 11) is 0. The van der Waals surface area contributed by atoms with E-state index in [0.29, 0.717) is 17.4 Å². The maximum Gasteiger partial charge on any atom is 0.225 e. The van der Waals surface area contributed by atoms with Crippen LogP contribution in [-0.2, 0) is 17.8 Å². The average molecular weight is 433 g/mol. The molecule has 0 aliphatic heterocycles. The van der Waals surface area contributed by atoms with Crippen LogP contribution in [0, 0.1) is 0 Å². The Morgan fingerprint density at radius 3 is 2.32 bits per heavy atom. The summed E-state index contributed by atoms with van der Waals surface area (Å²) >= 11 is 6.03. The zero-order chi connectivity index (χ0) is 21.5. The fourth-order valence-corrected chi connectivity index (χ4v) is 3.35. The van der Waals surface area contributed by atoms with E-state index in [2.05, 4.69) is 10.5 Å². The zero-order valence-corrected chi connectivity index (χ0v) is 17.5. The molecule has 4 aromatic rings. The molecule has 1 N–H and O–H groups in total. The lowest BCUT2D eigenvalue weighted by atomic mass is 9.98. The van der Waals surface area contributed by atoms with E-state index in [9.17, 15) is 4.79 Å². The van der Waals surface area contributed by atoms with Gasteiger partial charge in [-0.15, -0.1) is 0 Å². The van der Waals surface area contributed by atoms with Crippen LogP contribution in [-0.4, -0.2) is 11.1 Å². The second-order valence-electron chi connectivity index (χ2n) is 7.10. The van der Waals surface area contributed by atoms with Crippen LogP contribution in [0.25, 0.3) is 0 Å². The minimum absolute atomic E-state index is 0.0676. The Morgan fingerprint density at radius 2 is 1.65 bits per heavy atom. The van der Waals surface area contributed by atoms with Crippen molar-refractivity contribution in [2.24, 2.45) is 0 Å². The van der Waals surface area contributed by atoms with Crippen LogP contribution in [0.4, 0.5) is 0 Å². The summed E-state index contributed by atoms with van der Waals surface area (Å²) in [6.07, 6.45) is 3.42. The molecule has 0 bridgehead atoms. The molecular weight excluding hydrogens is 412 g/mol. The van der Waals surface area contributed by atoms with E-state index >= 15 is 0 Å². The van der Waals surface area contributed by atoms with Gasteiger partial charge in [-0.3, -0.25) is 4.79 Å². The third-order valence-corrected chi connectivity index (χ3v) is 5.07. The molecule has 1 heterocycles. The van der Waals surface area contributed by atoms with Crippen molar-refractivity contribution in [3.63, 3.8) is 0 Å². The van der Waals surface area contributed by atoms with Crippen molar-refractivity contribution in [2.45, 2.75) is 19.1 Å². The summed E-state index contributed by atoms with van der Waals surface area (Å²) in [6.45, 7) is 0.378. The second-order valence-corrected chi connectivity index (χ2v) is 7.54. The highest BCUT2D eigenvalue weighted by Crippen LogP contribution is 2.24. The number of nitrogens with one attached hydrogen (secondary N) is 1. The molecule has 0 radical (unpaired) electrons. The zero-order valence-electron chi connectivity index (χ0n) is 16.7. The van der Waals surface area contributed by atoms with E-state index in [1.165, 1.54) is 0 Å². The Bertz CT molecular complexity index is 1100. The number of halogens is 1. The van der Waals surface area contributed by atoms with Gasteiger partial charge in [0.2, 0.25) is 5.91 Å². The molecule has 0 fully saturated rings. The number of hydrogen-bond donors (Lipinski definition) is 1. The van der Waals surface area contributed by atoms with Crippen molar-refractivity contribution >= 4 is 17.5 Å². The molecule has 3 aromatic carbocycles. The van der Waals surface area contributed by atoms with Gasteiger partial charge in [-0.1, -0.05) is 71.4 Å². The number of carbonyl (C=O) groups excluding carboxylic acids is 1. The van der Waals surface area contributed by atoms with Gasteiger partial charge in [0.25, 0.3) is 0 Å². The van der Waals surface area contributed by atoms with Crippen LogP contribution in [0.3, 0.4) is 0 Å². The minimum Gasteiger partial charge on any atom is -0.489 e. The van der Waals surface area contributed by atoms with Crippen molar-refractivity contribution in [3.05, 3.63) is 119 Å². The van der Waals surface area contributed by atoms with Crippen LogP contribution in [0.15, 0.2) is 95.8 Å². The van der Waals surface area contributed by atoms with Crippen LogP contribution in [0.2, 0.25) is 5.02 Å². The van der Waals surface area contributed by atoms with E-state index in [0.717, 1.165) is 22.3 Å². The number of rotatable bonds is 8. The summed E-state index contributed by atoms with van der Waals surface area (Å²) in [6, 6.07) is 24.6. The highest BCUT2D eigenvalue weighted by Gasteiger charge is 2.17. The Kier molecular flexibility index (Phi) is 6.65. The minimum atomic E-state index is -0.253. The van der Waals surface area contributed by atoms with Crippen LogP contribution < -0.4 is 10.1 Å². The lowest BCUT2D eigenvalue weighted by Gasteiger charge is -2.20. The number of ether oxygens (including phenoxy) is 1. The van der Waals surface area contributed by atoms with E-state index in [1.54, 1.807) is 12.5 Å². The third-order valence-electron chi connectivity index (χ3n) is 4.82. The molecule has 0 aliphatic carbocycles. The lowest BCUT2D eigenvalue weighted by Crippen LogP contribution is -2.30. The van der Waals surface area contributed by atoms with Gasteiger partial charge < -0.3 is 14.6 Å². The largest absolute Gasteiger partial charge is 0.489 e. The fourth-order valence-electron chi connectivity index (χ4n) is 3.23. The van der Waals surface area contributed by atoms with Crippen LogP contribution in [0.5, 0.6) is 5.75 Å². The van der Waals surface area contributed by atoms with Gasteiger partial charge >= 0.3 is 0 Å². The van der Waals surface area contributed by atoms with Gasteiger partial charge in [0.05, 0.1) is 18.7 Å². The molecule has 4 rings (SSSR count). The maximum atomic E-state index is 12.8. The molecule has 1 amide bonds. The summed E-state index contributed by atoms with van der Waals surface area (Å²) in [5, 5.41) is 7.45. The molecule has 0 aliphatic rings. The van der Waals surface area contributed by atoms with Gasteiger partial charge in [0.1, 0.15) is 18.6 Å². The first kappa shape index (κ1) is 20.7. The molecule has 31 heavy (non-hydrogen) atoms. The summed E-state index contributed by atoms with van der Waals surface area (Å²) in [5.74, 6) is 0.649. The Hall–Kier alpha value is -3.57. The first-order chi connectivity index (χ1) is 15.2. The lowest BCUT2D eigenvalue weighted by molar-refractivity contribution is -0.120. The van der Waals surface area contributed by atoms with Gasteiger partial charge in [-0.05, 0) is 41.0 Å². The molecule has 1 unspecified atom stereocenters. The van der Waals surface area contributed by atoms with Gasteiger partial charge in [0.15, 0.2) is 0 Å². The molecule has 156 valence electrons. The standard InChI is InChI=1S/C25H21ClN2O3/c26-22-10-8-21(9-11-22)25(20-4-2-1-3-5-20)28-24(29)14-18-6-12-23(13-7-18)30-16-19-15-27-31-17-19/h1-13,15,17,25H,14,16H2,(H,28,29). The monoisotopic (exact) mass is 432 g/mol. The Labute approximate surface area is 185 Å². The number of aromatic nitrogens is 1. The van der Waals surface area contributed by atoms with Crippen molar-refractivity contribution < 1.29 is 14.1 Å². The highest BCUT2D eigenvalue weighted by molar-refractivity contribution is 6.30. The first-order valence-corrected chi connectivity index (χ1v) is 10.2. The summed E-state index contributed by atoms with van der Waals surface area (Å²) < 4.78 is 10.5. The molecule has 6 heteroatoms. The highest BCUT2D eigenvalue weighted by atomic mass is 35.5. The molecule has 0 spiro atoms. The van der Waals surface area contributed by atoms with Gasteiger partial charge in [-0.2, -0.15) is 0 Å². The molecular formula is C25H21ClN2O3. The smallest absolute Gasteiger partial charge is 0.225 e. The first-order valence-electron chi connectivity index (χ1n) is 9.87. The fraction of sp³-hybridized carbons (Fsp3) is 0.120. The topological polar surface area (TPSA) is 64.4 Å². The quantitative estimate of drug-likeness (QED) is 0.407. The Balaban J connectivity index is 1.41. The molecule has 0 saturated carbocycles. The average Bonchev–Trinajstić information content (AvgIpc) is 3.32. The van der Waals surface area contributed by atoms with E-state index in [1.807, 2.05) is 78.9 Å². The van der Waals surface area contributed by atoms with Crippen molar-refractivity contribution in [1.29, 1.82) is 0 Å². The van der Waals surface area contributed by atoms with E-state index in [4.69, 9.17) is 20.9 Å². The molecule has 0 saturated heterocycles. The van der Waals surface area contributed by atoms with Crippen molar-refractivity contribution in [2.75, 3.05) is 0 Å². The molecule has 1 atom stereocenters. The predicted molar refractivity (Wildman–Crippen MR) is 119 cm³/mol. The number of amides is 1. The van der Waals surface area contributed by atoms with Crippen LogP contribution >= 0.6 is 11.6 Å². The number of nitrogens with zero attached hydrogens (tertiary/aromatic N) is 1. The normalized spacial score (nSPS) is 11.6. The van der Waals surface area contributed by atoms with E-state index < -0.39 is 0 Å². The SMILES string of the molecule is O=C(Cc1ccc(OCc2cnoc2)cc1)NC(c1ccccc1)c1ccc(Cl)cc1. The summed E-state index contributed by atoms with van der Waals surface area (Å²) in [5.41, 5.74) is 3.74.